The van der Waals surface area contributed by atoms with E-state index < -0.39 is 35.0 Å². The number of ether oxygens (including phenoxy) is 1. The molecule has 0 radical (unpaired) electrons. The minimum Gasteiger partial charge on any atom is -0.378 e. The number of carbonyl (C=O) groups excluding carboxylic acids is 3. The molecule has 4 aliphatic heterocycles. The number of aliphatic imine (C=N–C) groups is 2. The van der Waals surface area contributed by atoms with Crippen LogP contribution >= 0.6 is 0 Å². The summed E-state index contributed by atoms with van der Waals surface area (Å²) in [5.74, 6) is -4.18. The molecule has 1 aromatic carbocycles. The number of guanidine groups is 1. The summed E-state index contributed by atoms with van der Waals surface area (Å²) in [6, 6.07) is 8.70. The van der Waals surface area contributed by atoms with Crippen molar-refractivity contribution in [2.24, 2.45) is 21.8 Å². The molecule has 2 fully saturated rings. The number of morpholine rings is 1. The summed E-state index contributed by atoms with van der Waals surface area (Å²) in [4.78, 5) is 49.5. The average Bonchev–Trinajstić information content (AvgIpc) is 3.01. The Labute approximate surface area is 165 Å². The van der Waals surface area contributed by atoms with E-state index in [4.69, 9.17) is 4.74 Å². The molecule has 2 N–H and O–H groups in total. The van der Waals surface area contributed by atoms with E-state index in [1.807, 2.05) is 6.07 Å². The van der Waals surface area contributed by atoms with E-state index in [1.165, 1.54) is 0 Å². The van der Waals surface area contributed by atoms with E-state index >= 15 is 0 Å². The number of para-hydroxylation sites is 1. The van der Waals surface area contributed by atoms with Crippen LogP contribution in [0.4, 0.5) is 5.69 Å². The van der Waals surface area contributed by atoms with Gasteiger partial charge < -0.3 is 20.3 Å². The van der Waals surface area contributed by atoms with Gasteiger partial charge in [-0.15, -0.1) is 0 Å². The van der Waals surface area contributed by atoms with Crippen LogP contribution in [0, 0.1) is 23.2 Å². The molecule has 146 valence electrons. The largest absolute Gasteiger partial charge is 0.378 e. The van der Waals surface area contributed by atoms with Crippen molar-refractivity contribution in [3.05, 3.63) is 29.8 Å². The average molecular weight is 392 g/mol. The molecule has 10 heteroatoms. The number of fused-ring (bicyclic) bond motifs is 4. The molecule has 3 atom stereocenters. The molecule has 10 nitrogen and oxygen atoms in total. The van der Waals surface area contributed by atoms with Crippen molar-refractivity contribution in [2.45, 2.75) is 5.41 Å². The molecule has 29 heavy (non-hydrogen) atoms. The van der Waals surface area contributed by atoms with Gasteiger partial charge in [-0.3, -0.25) is 14.4 Å². The normalized spacial score (nSPS) is 30.6. The summed E-state index contributed by atoms with van der Waals surface area (Å²) in [5.41, 5.74) is -0.797. The fraction of sp³-hybridized carbons (Fsp3) is 0.368. The lowest BCUT2D eigenvalue weighted by Crippen LogP contribution is -2.66. The first-order chi connectivity index (χ1) is 14.1. The van der Waals surface area contributed by atoms with Gasteiger partial charge in [0.05, 0.1) is 19.3 Å². The topological polar surface area (TPSA) is 136 Å². The van der Waals surface area contributed by atoms with Gasteiger partial charge in [0.1, 0.15) is 23.1 Å². The predicted octanol–water partition coefficient (Wildman–Crippen LogP) is -0.611. The molecule has 0 saturated carbocycles. The number of rotatable bonds is 0. The minimum atomic E-state index is -1.70. The van der Waals surface area contributed by atoms with Gasteiger partial charge in [-0.1, -0.05) is 18.2 Å². The smallest absolute Gasteiger partial charge is 0.261 e. The van der Waals surface area contributed by atoms with Gasteiger partial charge in [0, 0.05) is 18.8 Å². The summed E-state index contributed by atoms with van der Waals surface area (Å²) in [5, 5.41) is 15.1. The molecular weight excluding hydrogens is 376 g/mol. The Balaban J connectivity index is 1.67. The maximum atomic E-state index is 13.2. The van der Waals surface area contributed by atoms with Crippen LogP contribution in [-0.2, 0) is 24.5 Å². The van der Waals surface area contributed by atoms with E-state index in [1.54, 1.807) is 29.2 Å². The van der Waals surface area contributed by atoms with Crippen molar-refractivity contribution < 1.29 is 19.1 Å². The van der Waals surface area contributed by atoms with E-state index in [-0.39, 0.29) is 11.8 Å². The summed E-state index contributed by atoms with van der Waals surface area (Å²) in [7, 11) is 0. The van der Waals surface area contributed by atoms with Crippen molar-refractivity contribution in [2.75, 3.05) is 31.6 Å². The summed E-state index contributed by atoms with van der Waals surface area (Å²) in [6.07, 6.45) is 0. The number of hydrogen-bond acceptors (Lipinski definition) is 7. The molecule has 3 amide bonds. The third kappa shape index (κ3) is 2.28. The highest BCUT2D eigenvalue weighted by atomic mass is 16.5. The number of nitrogens with zero attached hydrogens (tertiary/aromatic N) is 4. The maximum Gasteiger partial charge on any atom is 0.261 e. The number of piperidine rings is 1. The zero-order valence-corrected chi connectivity index (χ0v) is 15.2. The van der Waals surface area contributed by atoms with Crippen molar-refractivity contribution >= 4 is 35.2 Å². The van der Waals surface area contributed by atoms with Crippen LogP contribution in [0.25, 0.3) is 0 Å². The first-order valence-electron chi connectivity index (χ1n) is 9.22. The number of carbonyl (C=O) groups is 3. The summed E-state index contributed by atoms with van der Waals surface area (Å²) >= 11 is 0. The van der Waals surface area contributed by atoms with Crippen LogP contribution < -0.4 is 10.6 Å². The fourth-order valence-corrected chi connectivity index (χ4v) is 4.50. The van der Waals surface area contributed by atoms with Crippen molar-refractivity contribution in [3.63, 3.8) is 0 Å². The van der Waals surface area contributed by atoms with Gasteiger partial charge in [-0.05, 0) is 11.6 Å². The highest BCUT2D eigenvalue weighted by Crippen LogP contribution is 2.51. The monoisotopic (exact) mass is 392 g/mol. The van der Waals surface area contributed by atoms with Crippen LogP contribution in [0.2, 0.25) is 0 Å². The van der Waals surface area contributed by atoms with E-state index in [9.17, 15) is 19.6 Å². The highest BCUT2D eigenvalue weighted by Gasteiger charge is 2.67. The van der Waals surface area contributed by atoms with Crippen LogP contribution in [0.3, 0.4) is 0 Å². The lowest BCUT2D eigenvalue weighted by Gasteiger charge is -2.42. The first-order valence-corrected chi connectivity index (χ1v) is 9.22. The van der Waals surface area contributed by atoms with Crippen molar-refractivity contribution in [3.8, 4) is 6.07 Å². The third-order valence-electron chi connectivity index (χ3n) is 5.79. The highest BCUT2D eigenvalue weighted by molar-refractivity contribution is 6.27. The number of amides is 3. The van der Waals surface area contributed by atoms with Crippen LogP contribution in [0.1, 0.15) is 5.56 Å². The maximum absolute atomic E-state index is 13.2. The number of amidine groups is 1. The molecule has 3 unspecified atom stereocenters. The number of benzene rings is 1. The number of hydrogen-bond donors (Lipinski definition) is 2. The Morgan fingerprint density at radius 1 is 1.14 bits per heavy atom. The molecule has 1 aromatic rings. The number of nitriles is 1. The van der Waals surface area contributed by atoms with Crippen LogP contribution in [0.15, 0.2) is 34.3 Å². The SMILES string of the molecule is N#CC1C(=O)NC2=NC(N3CCOCC3)=NC(=O)C2C12C(=O)Nc1ccccc12. The van der Waals surface area contributed by atoms with Crippen molar-refractivity contribution in [1.29, 1.82) is 5.26 Å². The Morgan fingerprint density at radius 2 is 1.90 bits per heavy atom. The second-order valence-electron chi connectivity index (χ2n) is 7.20. The molecule has 5 rings (SSSR count). The third-order valence-corrected chi connectivity index (χ3v) is 5.79. The van der Waals surface area contributed by atoms with Gasteiger partial charge in [0.2, 0.25) is 17.8 Å². The molecule has 2 saturated heterocycles. The molecule has 4 aliphatic rings. The zero-order valence-electron chi connectivity index (χ0n) is 15.2. The zero-order chi connectivity index (χ0) is 20.2. The summed E-state index contributed by atoms with van der Waals surface area (Å²) in [6.45, 7) is 1.97. The van der Waals surface area contributed by atoms with Crippen LogP contribution in [0.5, 0.6) is 0 Å². The van der Waals surface area contributed by atoms with E-state index in [2.05, 4.69) is 20.6 Å². The van der Waals surface area contributed by atoms with Crippen LogP contribution in [-0.4, -0.2) is 60.7 Å². The lowest BCUT2D eigenvalue weighted by molar-refractivity contribution is -0.137. The number of anilines is 1. The molecular formula is C19H16N6O4. The van der Waals surface area contributed by atoms with Crippen molar-refractivity contribution in [1.82, 2.24) is 10.2 Å². The lowest BCUT2D eigenvalue weighted by atomic mass is 9.60. The molecule has 0 bridgehead atoms. The van der Waals surface area contributed by atoms with Gasteiger partial charge in [-0.2, -0.15) is 15.2 Å². The first kappa shape index (κ1) is 17.5. The molecule has 0 aromatic heterocycles. The predicted molar refractivity (Wildman–Crippen MR) is 99.8 cm³/mol. The Morgan fingerprint density at radius 3 is 2.66 bits per heavy atom. The van der Waals surface area contributed by atoms with Gasteiger partial charge in [-0.25, -0.2) is 0 Å². The Kier molecular flexibility index (Phi) is 3.75. The van der Waals surface area contributed by atoms with E-state index in [0.717, 1.165) is 0 Å². The fourth-order valence-electron chi connectivity index (χ4n) is 4.50. The summed E-state index contributed by atoms with van der Waals surface area (Å²) < 4.78 is 5.31. The van der Waals surface area contributed by atoms with Gasteiger partial charge >= 0.3 is 0 Å². The standard InChI is InChI=1S/C19H16N6O4/c20-9-11-15(26)22-14-13(16(27)24-18(23-14)25-5-7-29-8-6-25)19(11)10-3-1-2-4-12(10)21-17(19)28/h1-4,11,13H,5-8H2,(H,21,28)(H,22,23,24,26,27). The Bertz CT molecular complexity index is 1050. The number of nitrogens with one attached hydrogen (secondary N) is 2. The molecule has 1 spiro atoms. The molecule has 0 aliphatic carbocycles. The Hall–Kier alpha value is -3.58. The quantitative estimate of drug-likeness (QED) is 0.604. The van der Waals surface area contributed by atoms with Gasteiger partial charge in [0.25, 0.3) is 5.91 Å². The van der Waals surface area contributed by atoms with E-state index in [0.29, 0.717) is 37.6 Å². The molecule has 4 heterocycles. The second-order valence-corrected chi connectivity index (χ2v) is 7.20. The second kappa shape index (κ2) is 6.22. The van der Waals surface area contributed by atoms with Gasteiger partial charge in [0.15, 0.2) is 0 Å². The minimum absolute atomic E-state index is 0.0508.